The van der Waals surface area contributed by atoms with Gasteiger partial charge in [0.15, 0.2) is 0 Å². The summed E-state index contributed by atoms with van der Waals surface area (Å²) in [5.74, 6) is -0.681. The summed E-state index contributed by atoms with van der Waals surface area (Å²) in [6, 6.07) is 0. The van der Waals surface area contributed by atoms with Gasteiger partial charge in [-0.3, -0.25) is 4.79 Å². The van der Waals surface area contributed by atoms with Crippen molar-refractivity contribution in [1.29, 1.82) is 0 Å². The molecular formula is C7H12F3NO2. The van der Waals surface area contributed by atoms with Gasteiger partial charge in [0.1, 0.15) is 12.6 Å². The number of amides is 1. The number of carbonyl (C=O) groups excluding carboxylic acids is 1. The van der Waals surface area contributed by atoms with Crippen LogP contribution >= 0.6 is 0 Å². The van der Waals surface area contributed by atoms with Gasteiger partial charge in [0.05, 0.1) is 0 Å². The molecule has 0 aromatic rings. The van der Waals surface area contributed by atoms with E-state index >= 15 is 0 Å². The van der Waals surface area contributed by atoms with E-state index in [0.717, 1.165) is 7.05 Å². The number of halogens is 3. The average Bonchev–Trinajstić information content (AvgIpc) is 1.98. The van der Waals surface area contributed by atoms with E-state index in [1.807, 2.05) is 0 Å². The minimum absolute atomic E-state index is 0.591. The van der Waals surface area contributed by atoms with Gasteiger partial charge < -0.3 is 9.64 Å². The van der Waals surface area contributed by atoms with E-state index < -0.39 is 24.7 Å². The lowest BCUT2D eigenvalue weighted by atomic mass is 10.3. The highest BCUT2D eigenvalue weighted by Gasteiger charge is 2.32. The molecule has 13 heavy (non-hydrogen) atoms. The van der Waals surface area contributed by atoms with Crippen LogP contribution in [-0.4, -0.2) is 43.8 Å². The Labute approximate surface area is 74.5 Å². The number of rotatable bonds is 3. The maximum Gasteiger partial charge on any atom is 0.406 e. The molecule has 0 bridgehead atoms. The van der Waals surface area contributed by atoms with Crippen molar-refractivity contribution in [2.24, 2.45) is 0 Å². The van der Waals surface area contributed by atoms with E-state index in [1.165, 1.54) is 14.0 Å². The molecule has 0 aliphatic rings. The fourth-order valence-electron chi connectivity index (χ4n) is 0.758. The molecule has 78 valence electrons. The third-order valence-electron chi connectivity index (χ3n) is 1.49. The first-order valence-corrected chi connectivity index (χ1v) is 3.62. The number of methoxy groups -OCH3 is 1. The number of nitrogens with zero attached hydrogens (tertiary/aromatic N) is 1. The van der Waals surface area contributed by atoms with Crippen LogP contribution in [0.2, 0.25) is 0 Å². The molecule has 0 heterocycles. The molecule has 1 unspecified atom stereocenters. The van der Waals surface area contributed by atoms with Gasteiger partial charge in [-0.2, -0.15) is 13.2 Å². The molecule has 1 atom stereocenters. The topological polar surface area (TPSA) is 29.5 Å². The summed E-state index contributed by atoms with van der Waals surface area (Å²) in [4.78, 5) is 11.6. The maximum absolute atomic E-state index is 11.8. The number of alkyl halides is 3. The van der Waals surface area contributed by atoms with Gasteiger partial charge in [-0.05, 0) is 6.92 Å². The summed E-state index contributed by atoms with van der Waals surface area (Å²) in [5.41, 5.74) is 0. The Hall–Kier alpha value is -0.780. The van der Waals surface area contributed by atoms with Crippen molar-refractivity contribution in [3.8, 4) is 0 Å². The van der Waals surface area contributed by atoms with E-state index in [1.54, 1.807) is 0 Å². The van der Waals surface area contributed by atoms with Crippen LogP contribution in [0, 0.1) is 0 Å². The zero-order valence-corrected chi connectivity index (χ0v) is 7.68. The highest BCUT2D eigenvalue weighted by Crippen LogP contribution is 2.16. The third kappa shape index (κ3) is 4.72. The average molecular weight is 199 g/mol. The molecule has 0 saturated heterocycles. The molecule has 3 nitrogen and oxygen atoms in total. The lowest BCUT2D eigenvalue weighted by Crippen LogP contribution is -2.41. The van der Waals surface area contributed by atoms with Crippen LogP contribution in [-0.2, 0) is 9.53 Å². The quantitative estimate of drug-likeness (QED) is 0.679. The van der Waals surface area contributed by atoms with Crippen LogP contribution in [0.15, 0.2) is 0 Å². The molecule has 0 fully saturated rings. The Morgan fingerprint density at radius 2 is 2.00 bits per heavy atom. The number of hydrogen-bond donors (Lipinski definition) is 0. The molecule has 0 spiro atoms. The van der Waals surface area contributed by atoms with E-state index in [2.05, 4.69) is 4.74 Å². The third-order valence-corrected chi connectivity index (χ3v) is 1.49. The first kappa shape index (κ1) is 12.2. The molecule has 0 N–H and O–H groups in total. The van der Waals surface area contributed by atoms with Crippen molar-refractivity contribution < 1.29 is 22.7 Å². The molecule has 0 aliphatic carbocycles. The zero-order valence-electron chi connectivity index (χ0n) is 7.68. The van der Waals surface area contributed by atoms with Crippen molar-refractivity contribution in [3.05, 3.63) is 0 Å². The van der Waals surface area contributed by atoms with Crippen LogP contribution < -0.4 is 0 Å². The second-order valence-electron chi connectivity index (χ2n) is 2.69. The SMILES string of the molecule is COC(C)C(=O)N(C)CC(F)(F)F. The molecule has 1 amide bonds. The van der Waals surface area contributed by atoms with E-state index in [9.17, 15) is 18.0 Å². The van der Waals surface area contributed by atoms with Crippen LogP contribution in [0.4, 0.5) is 13.2 Å². The number of hydrogen-bond acceptors (Lipinski definition) is 2. The standard InChI is InChI=1S/C7H12F3NO2/c1-5(13-3)6(12)11(2)4-7(8,9)10/h5H,4H2,1-3H3. The fourth-order valence-corrected chi connectivity index (χ4v) is 0.758. The summed E-state index contributed by atoms with van der Waals surface area (Å²) in [6.45, 7) is 0.148. The second-order valence-corrected chi connectivity index (χ2v) is 2.69. The minimum Gasteiger partial charge on any atom is -0.372 e. The van der Waals surface area contributed by atoms with Gasteiger partial charge in [-0.15, -0.1) is 0 Å². The Balaban J connectivity index is 4.12. The summed E-state index contributed by atoms with van der Waals surface area (Å²) in [5, 5.41) is 0. The van der Waals surface area contributed by atoms with Gasteiger partial charge in [0, 0.05) is 14.2 Å². The molecule has 0 rings (SSSR count). The first-order valence-electron chi connectivity index (χ1n) is 3.62. The summed E-state index contributed by atoms with van der Waals surface area (Å²) < 4.78 is 40.0. The summed E-state index contributed by atoms with van der Waals surface area (Å²) >= 11 is 0. The molecule has 0 saturated carbocycles. The lowest BCUT2D eigenvalue weighted by molar-refractivity contribution is -0.163. The number of likely N-dealkylation sites (N-methyl/N-ethyl adjacent to an activating group) is 1. The molecule has 0 aromatic heterocycles. The highest BCUT2D eigenvalue weighted by atomic mass is 19.4. The molecule has 0 aromatic carbocycles. The van der Waals surface area contributed by atoms with Gasteiger partial charge in [-0.1, -0.05) is 0 Å². The van der Waals surface area contributed by atoms with Crippen molar-refractivity contribution in [2.75, 3.05) is 20.7 Å². The van der Waals surface area contributed by atoms with Crippen molar-refractivity contribution in [3.63, 3.8) is 0 Å². The maximum atomic E-state index is 11.8. The van der Waals surface area contributed by atoms with Crippen molar-refractivity contribution >= 4 is 5.91 Å². The van der Waals surface area contributed by atoms with Gasteiger partial charge >= 0.3 is 6.18 Å². The lowest BCUT2D eigenvalue weighted by Gasteiger charge is -2.21. The van der Waals surface area contributed by atoms with Gasteiger partial charge in [0.2, 0.25) is 0 Å². The predicted molar refractivity (Wildman–Crippen MR) is 40.2 cm³/mol. The van der Waals surface area contributed by atoms with Gasteiger partial charge in [-0.25, -0.2) is 0 Å². The minimum atomic E-state index is -4.36. The monoisotopic (exact) mass is 199 g/mol. The Kier molecular flexibility index (Phi) is 4.19. The Morgan fingerprint density at radius 1 is 1.54 bits per heavy atom. The van der Waals surface area contributed by atoms with Crippen molar-refractivity contribution in [2.45, 2.75) is 19.2 Å². The van der Waals surface area contributed by atoms with Crippen LogP contribution in [0.1, 0.15) is 6.92 Å². The molecule has 0 aliphatic heterocycles. The Bertz CT molecular complexity index is 181. The van der Waals surface area contributed by atoms with E-state index in [-0.39, 0.29) is 0 Å². The van der Waals surface area contributed by atoms with Crippen molar-refractivity contribution in [1.82, 2.24) is 4.90 Å². The highest BCUT2D eigenvalue weighted by molar-refractivity contribution is 5.80. The second kappa shape index (κ2) is 4.45. The zero-order chi connectivity index (χ0) is 10.6. The van der Waals surface area contributed by atoms with Crippen LogP contribution in [0.5, 0.6) is 0 Å². The van der Waals surface area contributed by atoms with Crippen LogP contribution in [0.25, 0.3) is 0 Å². The molecular weight excluding hydrogens is 187 g/mol. The van der Waals surface area contributed by atoms with Crippen LogP contribution in [0.3, 0.4) is 0 Å². The predicted octanol–water partition coefficient (Wildman–Crippen LogP) is 1.04. The number of carbonyl (C=O) groups is 1. The molecule has 0 radical (unpaired) electrons. The van der Waals surface area contributed by atoms with E-state index in [0.29, 0.717) is 4.90 Å². The summed E-state index contributed by atoms with van der Waals surface area (Å²) in [7, 11) is 2.36. The Morgan fingerprint density at radius 3 is 2.31 bits per heavy atom. The fraction of sp³-hybridized carbons (Fsp3) is 0.857. The first-order chi connectivity index (χ1) is 5.78. The molecule has 6 heteroatoms. The van der Waals surface area contributed by atoms with Gasteiger partial charge in [0.25, 0.3) is 5.91 Å². The smallest absolute Gasteiger partial charge is 0.372 e. The largest absolute Gasteiger partial charge is 0.406 e. The van der Waals surface area contributed by atoms with E-state index in [4.69, 9.17) is 0 Å². The number of ether oxygens (including phenoxy) is 1. The normalized spacial score (nSPS) is 14.0. The summed E-state index contributed by atoms with van der Waals surface area (Å²) in [6.07, 6.45) is -5.20.